The topological polar surface area (TPSA) is 159 Å². The number of hydrogen-bond donors (Lipinski definition) is 4. The fourth-order valence-electron chi connectivity index (χ4n) is 4.47. The zero-order chi connectivity index (χ0) is 30.5. The number of hydrogen-bond acceptors (Lipinski definition) is 8. The zero-order valence-electron chi connectivity index (χ0n) is 22.0. The van der Waals surface area contributed by atoms with Crippen molar-refractivity contribution < 1.29 is 31.2 Å². The number of anilines is 5. The minimum Gasteiger partial charge on any atom is -0.339 e. The van der Waals surface area contributed by atoms with Gasteiger partial charge in [-0.05, 0) is 67.1 Å². The van der Waals surface area contributed by atoms with Gasteiger partial charge in [0.1, 0.15) is 5.02 Å². The first kappa shape index (κ1) is 31.2. The number of carbonyl (C=O) groups is 2. The molecule has 11 nitrogen and oxygen atoms in total. The highest BCUT2D eigenvalue weighted by atomic mass is 35.5. The van der Waals surface area contributed by atoms with Gasteiger partial charge in [0.05, 0.1) is 6.20 Å². The average molecular weight is 626 g/mol. The van der Waals surface area contributed by atoms with Crippen LogP contribution in [-0.4, -0.2) is 54.2 Å². The summed E-state index contributed by atoms with van der Waals surface area (Å²) in [7, 11) is -3.74. The van der Waals surface area contributed by atoms with E-state index in [1.807, 2.05) is 36.4 Å². The SMILES string of the molecule is NS(=O)(=O)N1CCC(C(=O)Nc2ccc3cc2CCc2cccc(c2)Nc2ncc(Cl)c(n2)N3)CC1.O=CC(F)(F)F. The highest BCUT2D eigenvalue weighted by Gasteiger charge is 2.29. The Balaban J connectivity index is 0.000000612. The van der Waals surface area contributed by atoms with E-state index >= 15 is 0 Å². The fourth-order valence-corrected chi connectivity index (χ4v) is 5.33. The van der Waals surface area contributed by atoms with E-state index in [1.165, 1.54) is 4.31 Å². The van der Waals surface area contributed by atoms with E-state index in [1.54, 1.807) is 6.20 Å². The molecule has 0 saturated carbocycles. The van der Waals surface area contributed by atoms with Gasteiger partial charge in [-0.3, -0.25) is 9.59 Å². The number of alkyl halides is 3. The Labute approximate surface area is 244 Å². The summed E-state index contributed by atoms with van der Waals surface area (Å²) in [5.74, 6) is 0.479. The van der Waals surface area contributed by atoms with Crippen LogP contribution < -0.4 is 21.1 Å². The molecule has 1 saturated heterocycles. The minimum atomic E-state index is -4.64. The molecule has 5 N–H and O–H groups in total. The lowest BCUT2D eigenvalue weighted by molar-refractivity contribution is -0.156. The normalized spacial score (nSPS) is 15.7. The first-order valence-electron chi connectivity index (χ1n) is 12.7. The summed E-state index contributed by atoms with van der Waals surface area (Å²) in [6.45, 7) is 0.470. The number of aryl methyl sites for hydroxylation is 2. The summed E-state index contributed by atoms with van der Waals surface area (Å²) in [4.78, 5) is 30.5. The molecular weight excluding hydrogens is 599 g/mol. The first-order valence-corrected chi connectivity index (χ1v) is 14.6. The Morgan fingerprint density at radius 3 is 2.45 bits per heavy atom. The molecule has 0 atom stereocenters. The molecule has 2 aromatic carbocycles. The van der Waals surface area contributed by atoms with Gasteiger partial charge in [-0.15, -0.1) is 0 Å². The second kappa shape index (κ2) is 13.0. The predicted octanol–water partition coefficient (Wildman–Crippen LogP) is 4.32. The van der Waals surface area contributed by atoms with Crippen molar-refractivity contribution in [1.29, 1.82) is 0 Å². The number of amides is 1. The molecule has 3 heterocycles. The van der Waals surface area contributed by atoms with Crippen LogP contribution in [-0.2, 0) is 32.6 Å². The molecule has 2 aliphatic heterocycles. The van der Waals surface area contributed by atoms with Gasteiger partial charge in [0, 0.05) is 36.1 Å². The molecule has 0 radical (unpaired) electrons. The number of benzene rings is 2. The van der Waals surface area contributed by atoms with Crippen LogP contribution in [0.25, 0.3) is 0 Å². The highest BCUT2D eigenvalue weighted by Crippen LogP contribution is 2.30. The molecule has 0 unspecified atom stereocenters. The average Bonchev–Trinajstić information content (AvgIpc) is 2.94. The molecule has 3 aromatic rings. The standard InChI is InChI=1S/C24H26ClN7O3S.C2HF3O/c25-20-14-27-24-29-18-3-1-2-15(12-18)4-5-17-13-19(28-22(20)31-24)6-7-21(17)30-23(33)16-8-10-32(11-9-16)36(26,34)35;3-2(4,5)1-6/h1-3,6-7,12-14,16H,4-5,8-11H2,(H,30,33)(H2,26,34,35)(H2,27,28,29,31);1H. The van der Waals surface area contributed by atoms with Crippen LogP contribution in [0.2, 0.25) is 5.02 Å². The Morgan fingerprint density at radius 2 is 1.79 bits per heavy atom. The Bertz CT molecular complexity index is 1570. The molecule has 5 rings (SSSR count). The van der Waals surface area contributed by atoms with Gasteiger partial charge in [0.2, 0.25) is 18.1 Å². The van der Waals surface area contributed by atoms with Crippen LogP contribution in [0, 0.1) is 5.92 Å². The molecule has 224 valence electrons. The van der Waals surface area contributed by atoms with Crippen LogP contribution in [0.4, 0.5) is 42.0 Å². The maximum absolute atomic E-state index is 13.1. The quantitative estimate of drug-likeness (QED) is 0.313. The van der Waals surface area contributed by atoms with Gasteiger partial charge in [-0.25, -0.2) is 10.1 Å². The Morgan fingerprint density at radius 1 is 1.10 bits per heavy atom. The number of aromatic nitrogens is 2. The number of aldehydes is 1. The molecule has 6 bridgehead atoms. The van der Waals surface area contributed by atoms with Gasteiger partial charge >= 0.3 is 6.18 Å². The number of nitrogens with two attached hydrogens (primary N) is 1. The number of fused-ring (bicyclic) bond motifs is 6. The third kappa shape index (κ3) is 8.61. The van der Waals surface area contributed by atoms with E-state index in [0.29, 0.717) is 36.1 Å². The van der Waals surface area contributed by atoms with Gasteiger partial charge in [0.25, 0.3) is 10.2 Å². The molecule has 1 aromatic heterocycles. The lowest BCUT2D eigenvalue weighted by Crippen LogP contribution is -2.44. The Hall–Kier alpha value is -3.79. The van der Waals surface area contributed by atoms with E-state index in [0.717, 1.165) is 34.6 Å². The molecule has 0 spiro atoms. The number of nitrogens with zero attached hydrogens (tertiary/aromatic N) is 3. The molecule has 1 fully saturated rings. The molecular formula is C26H27ClF3N7O4S. The number of carbonyl (C=O) groups excluding carboxylic acids is 2. The molecule has 1 amide bonds. The summed E-state index contributed by atoms with van der Waals surface area (Å²) in [6.07, 6.45) is -1.87. The largest absolute Gasteiger partial charge is 0.446 e. The lowest BCUT2D eigenvalue weighted by Gasteiger charge is -2.29. The highest BCUT2D eigenvalue weighted by molar-refractivity contribution is 7.86. The van der Waals surface area contributed by atoms with Gasteiger partial charge in [0.15, 0.2) is 5.82 Å². The molecule has 2 aliphatic rings. The lowest BCUT2D eigenvalue weighted by atomic mass is 9.96. The van der Waals surface area contributed by atoms with Crippen LogP contribution in [0.3, 0.4) is 0 Å². The second-order valence-electron chi connectivity index (χ2n) is 9.58. The van der Waals surface area contributed by atoms with E-state index in [-0.39, 0.29) is 24.9 Å². The predicted molar refractivity (Wildman–Crippen MR) is 152 cm³/mol. The maximum Gasteiger partial charge on any atom is 0.446 e. The zero-order valence-corrected chi connectivity index (χ0v) is 23.6. The third-order valence-electron chi connectivity index (χ3n) is 6.55. The van der Waals surface area contributed by atoms with Gasteiger partial charge < -0.3 is 16.0 Å². The monoisotopic (exact) mass is 625 g/mol. The van der Waals surface area contributed by atoms with Crippen LogP contribution in [0.5, 0.6) is 0 Å². The van der Waals surface area contributed by atoms with Crippen molar-refractivity contribution >= 4 is 62.8 Å². The summed E-state index contributed by atoms with van der Waals surface area (Å²) < 4.78 is 55.6. The van der Waals surface area contributed by atoms with Gasteiger partial charge in [-0.1, -0.05) is 23.7 Å². The number of piperidine rings is 1. The minimum absolute atomic E-state index is 0.126. The third-order valence-corrected chi connectivity index (χ3v) is 7.92. The van der Waals surface area contributed by atoms with Crippen molar-refractivity contribution in [3.05, 3.63) is 64.8 Å². The summed E-state index contributed by atoms with van der Waals surface area (Å²) in [6, 6.07) is 13.7. The smallest absolute Gasteiger partial charge is 0.339 e. The Kier molecular flexibility index (Phi) is 9.66. The molecule has 0 aliphatic carbocycles. The number of halogens is 4. The van der Waals surface area contributed by atoms with E-state index in [2.05, 4.69) is 32.0 Å². The van der Waals surface area contributed by atoms with Crippen LogP contribution in [0.15, 0.2) is 48.7 Å². The fraction of sp³-hybridized carbons (Fsp3) is 0.308. The van der Waals surface area contributed by atoms with Crippen molar-refractivity contribution in [3.63, 3.8) is 0 Å². The van der Waals surface area contributed by atoms with Crippen molar-refractivity contribution in [2.45, 2.75) is 31.9 Å². The number of nitrogens with one attached hydrogen (secondary N) is 3. The summed E-state index contributed by atoms with van der Waals surface area (Å²) in [5, 5.41) is 15.1. The van der Waals surface area contributed by atoms with Gasteiger partial charge in [-0.2, -0.15) is 30.9 Å². The van der Waals surface area contributed by atoms with E-state index in [4.69, 9.17) is 21.5 Å². The van der Waals surface area contributed by atoms with Crippen molar-refractivity contribution in [2.75, 3.05) is 29.0 Å². The van der Waals surface area contributed by atoms with Crippen molar-refractivity contribution in [2.24, 2.45) is 11.1 Å². The summed E-state index contributed by atoms with van der Waals surface area (Å²) >= 11 is 6.34. The summed E-state index contributed by atoms with van der Waals surface area (Å²) in [5.41, 5.74) is 4.45. The molecule has 16 heteroatoms. The van der Waals surface area contributed by atoms with E-state index in [9.17, 15) is 26.4 Å². The van der Waals surface area contributed by atoms with Crippen LogP contribution >= 0.6 is 11.6 Å². The molecule has 42 heavy (non-hydrogen) atoms. The van der Waals surface area contributed by atoms with Crippen molar-refractivity contribution in [1.82, 2.24) is 14.3 Å². The maximum atomic E-state index is 13.1. The second-order valence-corrected chi connectivity index (χ2v) is 11.5. The van der Waals surface area contributed by atoms with E-state index < -0.39 is 22.7 Å². The van der Waals surface area contributed by atoms with Crippen molar-refractivity contribution in [3.8, 4) is 0 Å². The number of rotatable bonds is 3. The van der Waals surface area contributed by atoms with Crippen LogP contribution in [0.1, 0.15) is 24.0 Å². The first-order chi connectivity index (χ1) is 19.8.